The first kappa shape index (κ1) is 10.9. The zero-order valence-electron chi connectivity index (χ0n) is 9.02. The molecule has 0 aliphatic carbocycles. The largest absolute Gasteiger partial charge is 0.464 e. The summed E-state index contributed by atoms with van der Waals surface area (Å²) in [6.07, 6.45) is 5.27. The third kappa shape index (κ3) is 2.32. The van der Waals surface area contributed by atoms with E-state index in [0.717, 1.165) is 32.2 Å². The molecule has 86 valence electrons. The first-order chi connectivity index (χ1) is 7.33. The highest BCUT2D eigenvalue weighted by atomic mass is 16.5. The molecule has 2 heterocycles. The number of aliphatic hydroxyl groups is 1. The highest BCUT2D eigenvalue weighted by molar-refractivity contribution is 5.77. The summed E-state index contributed by atoms with van der Waals surface area (Å²) < 4.78 is 4.99. The van der Waals surface area contributed by atoms with Crippen molar-refractivity contribution in [2.75, 3.05) is 19.8 Å². The van der Waals surface area contributed by atoms with Crippen LogP contribution in [0.2, 0.25) is 0 Å². The van der Waals surface area contributed by atoms with Crippen molar-refractivity contribution >= 4 is 5.97 Å². The standard InChI is InChI=1S/C11H19NO3/c13-8-9-4-2-1-3-6-12(9)10-5-7-15-11(10)14/h9-10,13H,1-8H2. The number of likely N-dealkylation sites (tertiary alicyclic amines) is 1. The molecule has 2 fully saturated rings. The molecule has 2 atom stereocenters. The Balaban J connectivity index is 2.05. The summed E-state index contributed by atoms with van der Waals surface area (Å²) in [5.41, 5.74) is 0. The first-order valence-corrected chi connectivity index (χ1v) is 5.86. The molecular weight excluding hydrogens is 194 g/mol. The van der Waals surface area contributed by atoms with Gasteiger partial charge in [-0.05, 0) is 19.4 Å². The quantitative estimate of drug-likeness (QED) is 0.680. The molecule has 2 aliphatic heterocycles. The Morgan fingerprint density at radius 3 is 2.87 bits per heavy atom. The Hall–Kier alpha value is -0.610. The maximum atomic E-state index is 11.5. The average molecular weight is 213 g/mol. The predicted octanol–water partition coefficient (Wildman–Crippen LogP) is 0.539. The molecule has 15 heavy (non-hydrogen) atoms. The maximum absolute atomic E-state index is 11.5. The number of carbonyl (C=O) groups excluding carboxylic acids is 1. The second kappa shape index (κ2) is 4.94. The second-order valence-corrected chi connectivity index (χ2v) is 4.40. The summed E-state index contributed by atoms with van der Waals surface area (Å²) in [7, 11) is 0. The summed E-state index contributed by atoms with van der Waals surface area (Å²) >= 11 is 0. The van der Waals surface area contributed by atoms with E-state index < -0.39 is 0 Å². The normalized spacial score (nSPS) is 33.8. The number of hydrogen-bond acceptors (Lipinski definition) is 4. The number of hydrogen-bond donors (Lipinski definition) is 1. The van der Waals surface area contributed by atoms with Crippen molar-refractivity contribution in [2.45, 2.75) is 44.2 Å². The summed E-state index contributed by atoms with van der Waals surface area (Å²) in [6.45, 7) is 1.62. The highest BCUT2D eigenvalue weighted by Gasteiger charge is 2.36. The fraction of sp³-hybridized carbons (Fsp3) is 0.909. The molecule has 4 heteroatoms. The van der Waals surface area contributed by atoms with Gasteiger partial charge in [0.05, 0.1) is 13.2 Å². The number of rotatable bonds is 2. The Kier molecular flexibility index (Phi) is 3.59. The topological polar surface area (TPSA) is 49.8 Å². The number of esters is 1. The van der Waals surface area contributed by atoms with Crippen LogP contribution in [-0.2, 0) is 9.53 Å². The van der Waals surface area contributed by atoms with Crippen LogP contribution in [0.3, 0.4) is 0 Å². The van der Waals surface area contributed by atoms with E-state index in [1.54, 1.807) is 0 Å². The molecule has 2 unspecified atom stereocenters. The Bertz CT molecular complexity index is 232. The van der Waals surface area contributed by atoms with Crippen molar-refractivity contribution in [3.8, 4) is 0 Å². The van der Waals surface area contributed by atoms with Crippen LogP contribution in [0, 0.1) is 0 Å². The second-order valence-electron chi connectivity index (χ2n) is 4.40. The lowest BCUT2D eigenvalue weighted by molar-refractivity contribution is -0.143. The molecular formula is C11H19NO3. The summed E-state index contributed by atoms with van der Waals surface area (Å²) in [5.74, 6) is -0.102. The van der Waals surface area contributed by atoms with Gasteiger partial charge < -0.3 is 9.84 Å². The smallest absolute Gasteiger partial charge is 0.323 e. The molecule has 0 saturated carbocycles. The monoisotopic (exact) mass is 213 g/mol. The van der Waals surface area contributed by atoms with Crippen LogP contribution < -0.4 is 0 Å². The van der Waals surface area contributed by atoms with Gasteiger partial charge in [-0.15, -0.1) is 0 Å². The predicted molar refractivity (Wildman–Crippen MR) is 55.4 cm³/mol. The van der Waals surface area contributed by atoms with E-state index in [1.165, 1.54) is 6.42 Å². The minimum atomic E-state index is -0.102. The zero-order chi connectivity index (χ0) is 10.7. The van der Waals surface area contributed by atoms with Gasteiger partial charge in [0.1, 0.15) is 6.04 Å². The van der Waals surface area contributed by atoms with E-state index >= 15 is 0 Å². The van der Waals surface area contributed by atoms with Crippen LogP contribution >= 0.6 is 0 Å². The van der Waals surface area contributed by atoms with Crippen molar-refractivity contribution in [1.29, 1.82) is 0 Å². The first-order valence-electron chi connectivity index (χ1n) is 5.86. The minimum absolute atomic E-state index is 0.0970. The van der Waals surface area contributed by atoms with Crippen molar-refractivity contribution in [1.82, 2.24) is 4.90 Å². The van der Waals surface area contributed by atoms with E-state index in [0.29, 0.717) is 6.61 Å². The number of aliphatic hydroxyl groups excluding tert-OH is 1. The molecule has 0 aromatic heterocycles. The third-order valence-corrected chi connectivity index (χ3v) is 3.44. The van der Waals surface area contributed by atoms with Gasteiger partial charge in [0.25, 0.3) is 0 Å². The molecule has 4 nitrogen and oxygen atoms in total. The van der Waals surface area contributed by atoms with Crippen LogP contribution in [0.1, 0.15) is 32.1 Å². The summed E-state index contributed by atoms with van der Waals surface area (Å²) in [4.78, 5) is 13.7. The molecule has 2 rings (SSSR count). The highest BCUT2D eigenvalue weighted by Crippen LogP contribution is 2.23. The lowest BCUT2D eigenvalue weighted by Crippen LogP contribution is -2.46. The molecule has 0 spiro atoms. The molecule has 2 aliphatic rings. The van der Waals surface area contributed by atoms with Gasteiger partial charge in [0, 0.05) is 12.5 Å². The fourth-order valence-electron chi connectivity index (χ4n) is 2.59. The molecule has 0 aromatic carbocycles. The number of cyclic esters (lactones) is 1. The Morgan fingerprint density at radius 2 is 2.20 bits per heavy atom. The molecule has 2 saturated heterocycles. The lowest BCUT2D eigenvalue weighted by Gasteiger charge is -2.31. The van der Waals surface area contributed by atoms with E-state index in [4.69, 9.17) is 4.74 Å². The molecule has 0 aromatic rings. The van der Waals surface area contributed by atoms with Gasteiger partial charge in [-0.3, -0.25) is 9.69 Å². The molecule has 0 radical (unpaired) electrons. The Labute approximate surface area is 90.2 Å². The number of carbonyl (C=O) groups is 1. The van der Waals surface area contributed by atoms with Crippen molar-refractivity contribution in [3.63, 3.8) is 0 Å². The molecule has 0 amide bonds. The summed E-state index contributed by atoms with van der Waals surface area (Å²) in [6, 6.07) is 0.0587. The van der Waals surface area contributed by atoms with Crippen molar-refractivity contribution in [3.05, 3.63) is 0 Å². The molecule has 1 N–H and O–H groups in total. The minimum Gasteiger partial charge on any atom is -0.464 e. The van der Waals surface area contributed by atoms with E-state index in [1.807, 2.05) is 0 Å². The molecule has 0 bridgehead atoms. The maximum Gasteiger partial charge on any atom is 0.323 e. The zero-order valence-corrected chi connectivity index (χ0v) is 9.02. The fourth-order valence-corrected chi connectivity index (χ4v) is 2.59. The van der Waals surface area contributed by atoms with Crippen LogP contribution in [-0.4, -0.2) is 47.8 Å². The van der Waals surface area contributed by atoms with Crippen LogP contribution in [0.15, 0.2) is 0 Å². The van der Waals surface area contributed by atoms with Crippen LogP contribution in [0.25, 0.3) is 0 Å². The number of nitrogens with zero attached hydrogens (tertiary/aromatic N) is 1. The Morgan fingerprint density at radius 1 is 1.33 bits per heavy atom. The number of ether oxygens (including phenoxy) is 1. The van der Waals surface area contributed by atoms with Crippen molar-refractivity contribution in [2.24, 2.45) is 0 Å². The van der Waals surface area contributed by atoms with Gasteiger partial charge >= 0.3 is 5.97 Å². The van der Waals surface area contributed by atoms with Gasteiger partial charge in [0.2, 0.25) is 0 Å². The van der Waals surface area contributed by atoms with Gasteiger partial charge in [0.15, 0.2) is 0 Å². The van der Waals surface area contributed by atoms with Gasteiger partial charge in [-0.25, -0.2) is 0 Å². The van der Waals surface area contributed by atoms with Crippen LogP contribution in [0.5, 0.6) is 0 Å². The van der Waals surface area contributed by atoms with Crippen molar-refractivity contribution < 1.29 is 14.6 Å². The SMILES string of the molecule is O=C1OCCC1N1CCCCCC1CO. The van der Waals surface area contributed by atoms with E-state index in [9.17, 15) is 9.90 Å². The van der Waals surface area contributed by atoms with Gasteiger partial charge in [-0.2, -0.15) is 0 Å². The van der Waals surface area contributed by atoms with E-state index in [-0.39, 0.29) is 24.7 Å². The van der Waals surface area contributed by atoms with E-state index in [2.05, 4.69) is 4.90 Å². The third-order valence-electron chi connectivity index (χ3n) is 3.44. The average Bonchev–Trinajstić information content (AvgIpc) is 2.54. The summed E-state index contributed by atoms with van der Waals surface area (Å²) in [5, 5.41) is 9.34. The van der Waals surface area contributed by atoms with Gasteiger partial charge in [-0.1, -0.05) is 12.8 Å². The lowest BCUT2D eigenvalue weighted by atomic mass is 10.1. The van der Waals surface area contributed by atoms with Crippen LogP contribution in [0.4, 0.5) is 0 Å².